The van der Waals surface area contributed by atoms with E-state index in [-0.39, 0.29) is 16.6 Å². The smallest absolute Gasteiger partial charge is 0.265 e. The lowest BCUT2D eigenvalue weighted by Gasteiger charge is -2.16. The SMILES string of the molecule is CCc1cccc(NC(=O)c2cc3c(s2)-c2ccc(Cl)cc2S(=O)(=O)C3)c1. The summed E-state index contributed by atoms with van der Waals surface area (Å²) in [5.74, 6) is -0.360. The molecule has 0 radical (unpaired) electrons. The monoisotopic (exact) mass is 417 g/mol. The normalized spacial score (nSPS) is 14.3. The van der Waals surface area contributed by atoms with Crippen LogP contribution in [-0.2, 0) is 22.0 Å². The van der Waals surface area contributed by atoms with Crippen LogP contribution in [0.3, 0.4) is 0 Å². The summed E-state index contributed by atoms with van der Waals surface area (Å²) in [7, 11) is -3.47. The molecule has 4 nitrogen and oxygen atoms in total. The third-order valence-electron chi connectivity index (χ3n) is 4.49. The van der Waals surface area contributed by atoms with Crippen molar-refractivity contribution in [3.63, 3.8) is 0 Å². The predicted molar refractivity (Wildman–Crippen MR) is 109 cm³/mol. The Kier molecular flexibility index (Phi) is 4.58. The van der Waals surface area contributed by atoms with E-state index in [1.165, 1.54) is 17.4 Å². The standard InChI is InChI=1S/C20H16ClNO3S2/c1-2-12-4-3-5-15(8-12)22-20(23)17-9-13-11-27(24,25)18-10-14(21)6-7-16(18)19(13)26-17/h3-10H,2,11H2,1H3,(H,22,23). The van der Waals surface area contributed by atoms with Crippen LogP contribution in [0.15, 0.2) is 53.4 Å². The topological polar surface area (TPSA) is 63.2 Å². The van der Waals surface area contributed by atoms with Crippen LogP contribution in [0.4, 0.5) is 5.69 Å². The van der Waals surface area contributed by atoms with E-state index in [0.29, 0.717) is 21.0 Å². The molecule has 7 heteroatoms. The average Bonchev–Trinajstić information content (AvgIpc) is 3.05. The molecule has 0 saturated carbocycles. The van der Waals surface area contributed by atoms with Gasteiger partial charge in [-0.3, -0.25) is 4.79 Å². The summed E-state index contributed by atoms with van der Waals surface area (Å²) in [6, 6.07) is 14.2. The van der Waals surface area contributed by atoms with Crippen LogP contribution in [0.2, 0.25) is 5.02 Å². The molecular formula is C20H16ClNO3S2. The lowest BCUT2D eigenvalue weighted by Crippen LogP contribution is -2.11. The van der Waals surface area contributed by atoms with Crippen LogP contribution < -0.4 is 5.32 Å². The van der Waals surface area contributed by atoms with E-state index in [4.69, 9.17) is 11.6 Å². The Morgan fingerprint density at radius 3 is 2.78 bits per heavy atom. The minimum Gasteiger partial charge on any atom is -0.321 e. The molecule has 0 fully saturated rings. The third kappa shape index (κ3) is 3.40. The molecule has 1 N–H and O–H groups in total. The first kappa shape index (κ1) is 18.2. The van der Waals surface area contributed by atoms with Crippen molar-refractivity contribution in [3.8, 4) is 10.4 Å². The molecule has 1 amide bonds. The van der Waals surface area contributed by atoms with Gasteiger partial charge in [0.25, 0.3) is 5.91 Å². The minimum atomic E-state index is -3.47. The van der Waals surface area contributed by atoms with Crippen molar-refractivity contribution in [2.75, 3.05) is 5.32 Å². The summed E-state index contributed by atoms with van der Waals surface area (Å²) < 4.78 is 25.1. The zero-order chi connectivity index (χ0) is 19.2. The van der Waals surface area contributed by atoms with Gasteiger partial charge in [-0.15, -0.1) is 11.3 Å². The van der Waals surface area contributed by atoms with Gasteiger partial charge in [0.1, 0.15) is 0 Å². The Morgan fingerprint density at radius 1 is 1.19 bits per heavy atom. The molecule has 0 unspecified atom stereocenters. The first-order valence-corrected chi connectivity index (χ1v) is 11.3. The van der Waals surface area contributed by atoms with Crippen LogP contribution in [-0.4, -0.2) is 14.3 Å². The number of rotatable bonds is 3. The molecule has 0 saturated heterocycles. The molecule has 2 heterocycles. The van der Waals surface area contributed by atoms with E-state index in [2.05, 4.69) is 12.2 Å². The van der Waals surface area contributed by atoms with E-state index in [0.717, 1.165) is 22.5 Å². The van der Waals surface area contributed by atoms with Gasteiger partial charge in [-0.05, 0) is 47.9 Å². The van der Waals surface area contributed by atoms with Gasteiger partial charge < -0.3 is 5.32 Å². The molecule has 0 aliphatic carbocycles. The Bertz CT molecular complexity index is 1170. The van der Waals surface area contributed by atoms with Gasteiger partial charge in [0, 0.05) is 21.2 Å². The van der Waals surface area contributed by atoms with Crippen molar-refractivity contribution in [3.05, 3.63) is 69.6 Å². The maximum absolute atomic E-state index is 12.7. The van der Waals surface area contributed by atoms with Crippen molar-refractivity contribution in [1.82, 2.24) is 0 Å². The van der Waals surface area contributed by atoms with E-state index in [9.17, 15) is 13.2 Å². The van der Waals surface area contributed by atoms with E-state index in [1.807, 2.05) is 24.3 Å². The number of nitrogens with one attached hydrogen (secondary N) is 1. The fraction of sp³-hybridized carbons (Fsp3) is 0.150. The Hall–Kier alpha value is -2.15. The number of aryl methyl sites for hydroxylation is 1. The fourth-order valence-electron chi connectivity index (χ4n) is 3.16. The van der Waals surface area contributed by atoms with Gasteiger partial charge in [-0.2, -0.15) is 0 Å². The number of halogens is 1. The number of hydrogen-bond donors (Lipinski definition) is 1. The summed E-state index contributed by atoms with van der Waals surface area (Å²) in [6.45, 7) is 2.05. The van der Waals surface area contributed by atoms with Gasteiger partial charge in [0.05, 0.1) is 15.5 Å². The fourth-order valence-corrected chi connectivity index (χ4v) is 6.27. The lowest BCUT2D eigenvalue weighted by atomic mass is 10.1. The van der Waals surface area contributed by atoms with Crippen LogP contribution in [0, 0.1) is 0 Å². The van der Waals surface area contributed by atoms with Crippen molar-refractivity contribution in [2.45, 2.75) is 24.0 Å². The number of hydrogen-bond acceptors (Lipinski definition) is 4. The summed E-state index contributed by atoms with van der Waals surface area (Å²) in [4.78, 5) is 14.2. The van der Waals surface area contributed by atoms with Crippen molar-refractivity contribution in [2.24, 2.45) is 0 Å². The molecule has 0 bridgehead atoms. The number of benzene rings is 2. The quantitative estimate of drug-likeness (QED) is 0.639. The molecular weight excluding hydrogens is 402 g/mol. The van der Waals surface area contributed by atoms with Gasteiger partial charge in [0.2, 0.25) is 0 Å². The highest BCUT2D eigenvalue weighted by molar-refractivity contribution is 7.91. The second-order valence-corrected chi connectivity index (χ2v) is 9.82. The highest BCUT2D eigenvalue weighted by atomic mass is 35.5. The van der Waals surface area contributed by atoms with Gasteiger partial charge in [-0.25, -0.2) is 8.42 Å². The lowest BCUT2D eigenvalue weighted by molar-refractivity contribution is 0.103. The molecule has 0 atom stereocenters. The van der Waals surface area contributed by atoms with Crippen LogP contribution >= 0.6 is 22.9 Å². The van der Waals surface area contributed by atoms with Gasteiger partial charge in [0.15, 0.2) is 9.84 Å². The maximum atomic E-state index is 12.7. The molecule has 2 aromatic carbocycles. The van der Waals surface area contributed by atoms with Gasteiger partial charge in [-0.1, -0.05) is 36.7 Å². The summed E-state index contributed by atoms with van der Waals surface area (Å²) >= 11 is 7.28. The van der Waals surface area contributed by atoms with E-state index in [1.54, 1.807) is 18.2 Å². The molecule has 1 aliphatic rings. The van der Waals surface area contributed by atoms with Crippen LogP contribution in [0.25, 0.3) is 10.4 Å². The second-order valence-electron chi connectivity index (χ2n) is 6.37. The zero-order valence-corrected chi connectivity index (χ0v) is 16.8. The highest BCUT2D eigenvalue weighted by Crippen LogP contribution is 2.43. The minimum absolute atomic E-state index is 0.120. The summed E-state index contributed by atoms with van der Waals surface area (Å²) in [5, 5.41) is 3.28. The zero-order valence-electron chi connectivity index (χ0n) is 14.5. The number of sulfone groups is 1. The van der Waals surface area contributed by atoms with Crippen LogP contribution in [0.1, 0.15) is 27.7 Å². The first-order valence-electron chi connectivity index (χ1n) is 8.43. The molecule has 1 aliphatic heterocycles. The largest absolute Gasteiger partial charge is 0.321 e. The summed E-state index contributed by atoms with van der Waals surface area (Å²) in [5.41, 5.74) is 3.13. The molecule has 1 aromatic heterocycles. The summed E-state index contributed by atoms with van der Waals surface area (Å²) in [6.07, 6.45) is 0.883. The first-order chi connectivity index (χ1) is 12.9. The molecule has 138 valence electrons. The Balaban J connectivity index is 1.70. The van der Waals surface area contributed by atoms with E-state index >= 15 is 0 Å². The van der Waals surface area contributed by atoms with Crippen molar-refractivity contribution >= 4 is 44.4 Å². The number of thiophene rings is 1. The average molecular weight is 418 g/mol. The number of fused-ring (bicyclic) bond motifs is 3. The molecule has 3 aromatic rings. The second kappa shape index (κ2) is 6.78. The van der Waals surface area contributed by atoms with E-state index < -0.39 is 9.84 Å². The predicted octanol–water partition coefficient (Wildman–Crippen LogP) is 5.17. The molecule has 27 heavy (non-hydrogen) atoms. The number of amides is 1. The third-order valence-corrected chi connectivity index (χ3v) is 7.64. The van der Waals surface area contributed by atoms with Crippen LogP contribution in [0.5, 0.6) is 0 Å². The highest BCUT2D eigenvalue weighted by Gasteiger charge is 2.31. The Morgan fingerprint density at radius 2 is 2.00 bits per heavy atom. The number of carbonyl (C=O) groups is 1. The number of carbonyl (C=O) groups excluding carboxylic acids is 1. The van der Waals surface area contributed by atoms with Crippen molar-refractivity contribution < 1.29 is 13.2 Å². The van der Waals surface area contributed by atoms with Gasteiger partial charge >= 0.3 is 0 Å². The number of anilines is 1. The molecule has 0 spiro atoms. The van der Waals surface area contributed by atoms with Crippen molar-refractivity contribution in [1.29, 1.82) is 0 Å². The maximum Gasteiger partial charge on any atom is 0.265 e. The molecule has 4 rings (SSSR count). The Labute approximate surface area is 166 Å².